The topological polar surface area (TPSA) is 74.8 Å². The van der Waals surface area contributed by atoms with Crippen LogP contribution in [-0.2, 0) is 12.7 Å². The second-order valence-corrected chi connectivity index (χ2v) is 8.11. The van der Waals surface area contributed by atoms with Gasteiger partial charge in [-0.15, -0.1) is 16.4 Å². The molecular weight excluding hydrogens is 451 g/mol. The minimum Gasteiger partial charge on any atom is -0.335 e. The molecule has 0 aliphatic rings. The standard InChI is InChI=1S/C23H16F3N5OS/c1-30(14-16-9-7-15(13-27)8-10-16)22(32)20-28-21(19-6-3-11-33-19)31(29-20)18-5-2-4-17(12-18)23(24,25)26/h2-12H,14H2,1H3. The molecule has 0 N–H and O–H groups in total. The first-order chi connectivity index (χ1) is 15.8. The Labute approximate surface area is 191 Å². The van der Waals surface area contributed by atoms with Gasteiger partial charge in [0.15, 0.2) is 5.82 Å². The fraction of sp³-hybridized carbons (Fsp3) is 0.130. The van der Waals surface area contributed by atoms with Gasteiger partial charge in [-0.05, 0) is 47.3 Å². The molecule has 0 spiro atoms. The van der Waals surface area contributed by atoms with Crippen molar-refractivity contribution >= 4 is 17.2 Å². The summed E-state index contributed by atoms with van der Waals surface area (Å²) in [5, 5.41) is 15.0. The van der Waals surface area contributed by atoms with E-state index < -0.39 is 17.6 Å². The summed E-state index contributed by atoms with van der Waals surface area (Å²) in [6.07, 6.45) is -4.51. The molecule has 2 aromatic carbocycles. The van der Waals surface area contributed by atoms with E-state index in [9.17, 15) is 18.0 Å². The molecule has 4 aromatic rings. The first-order valence-corrected chi connectivity index (χ1v) is 10.6. The lowest BCUT2D eigenvalue weighted by Crippen LogP contribution is -2.27. The average Bonchev–Trinajstić information content (AvgIpc) is 3.48. The number of hydrogen-bond acceptors (Lipinski definition) is 5. The van der Waals surface area contributed by atoms with Gasteiger partial charge in [0.2, 0.25) is 5.82 Å². The van der Waals surface area contributed by atoms with Crippen molar-refractivity contribution in [3.05, 3.63) is 88.6 Å². The Morgan fingerprint density at radius 3 is 2.55 bits per heavy atom. The van der Waals surface area contributed by atoms with Crippen LogP contribution in [-0.4, -0.2) is 32.6 Å². The molecule has 0 aliphatic heterocycles. The molecule has 0 bridgehead atoms. The van der Waals surface area contributed by atoms with Crippen LogP contribution in [0.15, 0.2) is 66.0 Å². The number of nitriles is 1. The Hall–Kier alpha value is -3.97. The highest BCUT2D eigenvalue weighted by Gasteiger charge is 2.31. The molecule has 0 fully saturated rings. The predicted octanol–water partition coefficient (Wildman–Crippen LogP) is 5.16. The molecule has 0 saturated carbocycles. The van der Waals surface area contributed by atoms with E-state index in [0.717, 1.165) is 17.7 Å². The number of amides is 1. The Balaban J connectivity index is 1.68. The van der Waals surface area contributed by atoms with Crippen LogP contribution in [0.4, 0.5) is 13.2 Å². The number of halogens is 3. The van der Waals surface area contributed by atoms with Gasteiger partial charge in [0.1, 0.15) is 0 Å². The summed E-state index contributed by atoms with van der Waals surface area (Å²) in [4.78, 5) is 19.5. The number of rotatable bonds is 5. The van der Waals surface area contributed by atoms with Gasteiger partial charge in [0, 0.05) is 13.6 Å². The van der Waals surface area contributed by atoms with Crippen molar-refractivity contribution in [3.8, 4) is 22.5 Å². The van der Waals surface area contributed by atoms with Crippen LogP contribution < -0.4 is 0 Å². The zero-order chi connectivity index (χ0) is 23.6. The fourth-order valence-corrected chi connectivity index (χ4v) is 3.86. The van der Waals surface area contributed by atoms with E-state index in [0.29, 0.717) is 10.4 Å². The average molecular weight is 467 g/mol. The molecule has 0 atom stereocenters. The third kappa shape index (κ3) is 4.78. The Morgan fingerprint density at radius 2 is 1.91 bits per heavy atom. The van der Waals surface area contributed by atoms with Crippen LogP contribution in [0.3, 0.4) is 0 Å². The second-order valence-electron chi connectivity index (χ2n) is 7.17. The third-order valence-corrected chi connectivity index (χ3v) is 5.67. The molecule has 0 aliphatic carbocycles. The van der Waals surface area contributed by atoms with Crippen LogP contribution in [0.5, 0.6) is 0 Å². The number of benzene rings is 2. The minimum absolute atomic E-state index is 0.132. The first-order valence-electron chi connectivity index (χ1n) is 9.69. The summed E-state index contributed by atoms with van der Waals surface area (Å²) in [6.45, 7) is 0.247. The van der Waals surface area contributed by atoms with Gasteiger partial charge in [-0.3, -0.25) is 4.79 Å². The molecule has 0 unspecified atom stereocenters. The normalized spacial score (nSPS) is 11.2. The van der Waals surface area contributed by atoms with Crippen molar-refractivity contribution in [1.29, 1.82) is 5.26 Å². The summed E-state index contributed by atoms with van der Waals surface area (Å²) in [5.41, 5.74) is 0.642. The van der Waals surface area contributed by atoms with Crippen molar-refractivity contribution in [2.24, 2.45) is 0 Å². The van der Waals surface area contributed by atoms with E-state index >= 15 is 0 Å². The van der Waals surface area contributed by atoms with Gasteiger partial charge in [-0.2, -0.15) is 18.4 Å². The van der Waals surface area contributed by atoms with Crippen LogP contribution in [0.25, 0.3) is 16.4 Å². The van der Waals surface area contributed by atoms with Gasteiger partial charge in [-0.1, -0.05) is 24.3 Å². The fourth-order valence-electron chi connectivity index (χ4n) is 3.16. The third-order valence-electron chi connectivity index (χ3n) is 4.81. The number of nitrogens with zero attached hydrogens (tertiary/aromatic N) is 5. The van der Waals surface area contributed by atoms with Gasteiger partial charge in [0.05, 0.1) is 27.8 Å². The van der Waals surface area contributed by atoms with E-state index in [4.69, 9.17) is 5.26 Å². The largest absolute Gasteiger partial charge is 0.416 e. The van der Waals surface area contributed by atoms with Gasteiger partial charge >= 0.3 is 6.18 Å². The molecule has 2 aromatic heterocycles. The lowest BCUT2D eigenvalue weighted by molar-refractivity contribution is -0.137. The number of carbonyl (C=O) groups is 1. The van der Waals surface area contributed by atoms with E-state index in [1.165, 1.54) is 33.1 Å². The summed E-state index contributed by atoms with van der Waals surface area (Å²) in [7, 11) is 1.58. The molecular formula is C23H16F3N5OS. The molecule has 1 amide bonds. The lowest BCUT2D eigenvalue weighted by Gasteiger charge is -2.15. The van der Waals surface area contributed by atoms with Crippen LogP contribution in [0.1, 0.15) is 27.3 Å². The van der Waals surface area contributed by atoms with Gasteiger partial charge < -0.3 is 4.90 Å². The molecule has 0 saturated heterocycles. The first kappa shape index (κ1) is 22.2. The summed E-state index contributed by atoms with van der Waals surface area (Å²) in [5.74, 6) is -0.339. The zero-order valence-corrected chi connectivity index (χ0v) is 18.1. The van der Waals surface area contributed by atoms with E-state index in [-0.39, 0.29) is 23.9 Å². The predicted molar refractivity (Wildman–Crippen MR) is 117 cm³/mol. The lowest BCUT2D eigenvalue weighted by atomic mass is 10.1. The number of carbonyl (C=O) groups excluding carboxylic acids is 1. The maximum atomic E-state index is 13.2. The second kappa shape index (κ2) is 8.88. The summed E-state index contributed by atoms with van der Waals surface area (Å²) >= 11 is 1.34. The quantitative estimate of drug-likeness (QED) is 0.406. The highest BCUT2D eigenvalue weighted by molar-refractivity contribution is 7.13. The highest BCUT2D eigenvalue weighted by atomic mass is 32.1. The van der Waals surface area contributed by atoms with Crippen LogP contribution in [0, 0.1) is 11.3 Å². The molecule has 0 radical (unpaired) electrons. The molecule has 6 nitrogen and oxygen atoms in total. The van der Waals surface area contributed by atoms with Crippen molar-refractivity contribution in [3.63, 3.8) is 0 Å². The smallest absolute Gasteiger partial charge is 0.335 e. The van der Waals surface area contributed by atoms with Gasteiger partial charge in [0.25, 0.3) is 5.91 Å². The van der Waals surface area contributed by atoms with Crippen LogP contribution >= 0.6 is 11.3 Å². The number of alkyl halides is 3. The maximum Gasteiger partial charge on any atom is 0.416 e. The van der Waals surface area contributed by atoms with Crippen molar-refractivity contribution in [2.45, 2.75) is 12.7 Å². The van der Waals surface area contributed by atoms with Gasteiger partial charge in [-0.25, -0.2) is 9.67 Å². The van der Waals surface area contributed by atoms with Crippen LogP contribution in [0.2, 0.25) is 0 Å². The Morgan fingerprint density at radius 1 is 1.15 bits per heavy atom. The SMILES string of the molecule is CN(Cc1ccc(C#N)cc1)C(=O)c1nc(-c2cccs2)n(-c2cccc(C(F)(F)F)c2)n1. The van der Waals surface area contributed by atoms with Crippen molar-refractivity contribution in [1.82, 2.24) is 19.7 Å². The van der Waals surface area contributed by atoms with E-state index in [2.05, 4.69) is 10.1 Å². The summed E-state index contributed by atoms with van der Waals surface area (Å²) < 4.78 is 40.9. The maximum absolute atomic E-state index is 13.2. The van der Waals surface area contributed by atoms with E-state index in [1.807, 2.05) is 6.07 Å². The molecule has 2 heterocycles. The highest BCUT2D eigenvalue weighted by Crippen LogP contribution is 2.32. The summed E-state index contributed by atoms with van der Waals surface area (Å²) in [6, 6.07) is 17.1. The van der Waals surface area contributed by atoms with Crippen molar-refractivity contribution in [2.75, 3.05) is 7.05 Å². The molecule has 33 heavy (non-hydrogen) atoms. The monoisotopic (exact) mass is 467 g/mol. The number of thiophene rings is 1. The molecule has 166 valence electrons. The number of aromatic nitrogens is 3. The Bertz CT molecular complexity index is 1320. The molecule has 4 rings (SSSR count). The van der Waals surface area contributed by atoms with E-state index in [1.54, 1.807) is 48.8 Å². The Kier molecular flexibility index (Phi) is 5.98. The zero-order valence-electron chi connectivity index (χ0n) is 17.2. The number of hydrogen-bond donors (Lipinski definition) is 0. The minimum atomic E-state index is -4.51. The van der Waals surface area contributed by atoms with Crippen molar-refractivity contribution < 1.29 is 18.0 Å². The molecule has 10 heteroatoms.